The van der Waals surface area contributed by atoms with E-state index in [0.717, 1.165) is 4.57 Å². The first-order valence-corrected chi connectivity index (χ1v) is 4.15. The van der Waals surface area contributed by atoms with E-state index in [1.165, 1.54) is 13.3 Å². The maximum atomic E-state index is 12.5. The summed E-state index contributed by atoms with van der Waals surface area (Å²) < 4.78 is 31.0. The average Bonchev–Trinajstić information content (AvgIpc) is 2.60. The Kier molecular flexibility index (Phi) is 2.11. The molecule has 0 spiro atoms. The van der Waals surface area contributed by atoms with E-state index in [-0.39, 0.29) is 0 Å². The second-order valence-corrected chi connectivity index (χ2v) is 2.89. The van der Waals surface area contributed by atoms with E-state index in [1.807, 2.05) is 0 Å². The van der Waals surface area contributed by atoms with Crippen LogP contribution >= 0.6 is 0 Å². The van der Waals surface area contributed by atoms with Gasteiger partial charge in [0.2, 0.25) is 0 Å². The standard InChI is InChI=1S/C10H9F2NO/c1-14-9-4-2-3-8-7(9)5-6-13(8)10(11)12/h2-6,10H,1H3. The van der Waals surface area contributed by atoms with Crippen LogP contribution in [0.25, 0.3) is 10.9 Å². The Morgan fingerprint density at radius 1 is 1.29 bits per heavy atom. The van der Waals surface area contributed by atoms with Crippen LogP contribution in [0.15, 0.2) is 30.5 Å². The predicted octanol–water partition coefficient (Wildman–Crippen LogP) is 3.05. The number of aromatic nitrogens is 1. The number of hydrogen-bond donors (Lipinski definition) is 0. The predicted molar refractivity (Wildman–Crippen MR) is 49.7 cm³/mol. The van der Waals surface area contributed by atoms with E-state index in [0.29, 0.717) is 16.7 Å². The van der Waals surface area contributed by atoms with Crippen molar-refractivity contribution in [3.8, 4) is 5.75 Å². The van der Waals surface area contributed by atoms with E-state index in [9.17, 15) is 8.78 Å². The molecule has 0 bridgehead atoms. The summed E-state index contributed by atoms with van der Waals surface area (Å²) in [4.78, 5) is 0. The number of benzene rings is 1. The van der Waals surface area contributed by atoms with Crippen LogP contribution in [-0.4, -0.2) is 11.7 Å². The first-order chi connectivity index (χ1) is 6.74. The third-order valence-electron chi connectivity index (χ3n) is 2.15. The van der Waals surface area contributed by atoms with Crippen molar-refractivity contribution in [3.63, 3.8) is 0 Å². The Hall–Kier alpha value is -1.58. The number of methoxy groups -OCH3 is 1. The summed E-state index contributed by atoms with van der Waals surface area (Å²) in [5.41, 5.74) is 0.486. The summed E-state index contributed by atoms with van der Waals surface area (Å²) >= 11 is 0. The van der Waals surface area contributed by atoms with Crippen LogP contribution in [0.3, 0.4) is 0 Å². The van der Waals surface area contributed by atoms with Gasteiger partial charge in [0.25, 0.3) is 0 Å². The molecule has 2 aromatic rings. The molecule has 0 atom stereocenters. The number of alkyl halides is 2. The first-order valence-electron chi connectivity index (χ1n) is 4.15. The van der Waals surface area contributed by atoms with Crippen molar-refractivity contribution in [1.82, 2.24) is 4.57 Å². The zero-order valence-electron chi connectivity index (χ0n) is 7.58. The minimum absolute atomic E-state index is 0.486. The number of nitrogens with zero attached hydrogens (tertiary/aromatic N) is 1. The lowest BCUT2D eigenvalue weighted by atomic mass is 10.2. The Morgan fingerprint density at radius 2 is 2.07 bits per heavy atom. The highest BCUT2D eigenvalue weighted by molar-refractivity contribution is 5.86. The summed E-state index contributed by atoms with van der Waals surface area (Å²) in [7, 11) is 1.52. The molecule has 4 heteroatoms. The third-order valence-corrected chi connectivity index (χ3v) is 2.15. The summed E-state index contributed by atoms with van der Waals surface area (Å²) in [5, 5.41) is 0.704. The lowest BCUT2D eigenvalue weighted by Gasteiger charge is -2.04. The summed E-state index contributed by atoms with van der Waals surface area (Å²) in [5.74, 6) is 0.613. The molecule has 74 valence electrons. The van der Waals surface area contributed by atoms with Gasteiger partial charge in [-0.15, -0.1) is 0 Å². The van der Waals surface area contributed by atoms with Gasteiger partial charge in [0.05, 0.1) is 12.6 Å². The Bertz CT molecular complexity index is 450. The first kappa shape index (κ1) is 8.99. The average molecular weight is 197 g/mol. The highest BCUT2D eigenvalue weighted by Gasteiger charge is 2.11. The van der Waals surface area contributed by atoms with Gasteiger partial charge in [-0.1, -0.05) is 6.07 Å². The van der Waals surface area contributed by atoms with Crippen molar-refractivity contribution in [2.45, 2.75) is 6.55 Å². The van der Waals surface area contributed by atoms with E-state index < -0.39 is 6.55 Å². The maximum absolute atomic E-state index is 12.5. The molecule has 1 heterocycles. The fourth-order valence-electron chi connectivity index (χ4n) is 1.51. The fourth-order valence-corrected chi connectivity index (χ4v) is 1.51. The molecule has 0 amide bonds. The monoisotopic (exact) mass is 197 g/mol. The van der Waals surface area contributed by atoms with Crippen molar-refractivity contribution in [1.29, 1.82) is 0 Å². The zero-order chi connectivity index (χ0) is 10.1. The SMILES string of the molecule is COc1cccc2c1ccn2C(F)F. The van der Waals surface area contributed by atoms with Crippen LogP contribution in [-0.2, 0) is 0 Å². The van der Waals surface area contributed by atoms with Crippen LogP contribution in [0, 0.1) is 0 Å². The van der Waals surface area contributed by atoms with Gasteiger partial charge >= 0.3 is 6.55 Å². The molecule has 0 N–H and O–H groups in total. The third kappa shape index (κ3) is 1.23. The molecular formula is C10H9F2NO. The normalized spacial score (nSPS) is 11.1. The summed E-state index contributed by atoms with van der Waals surface area (Å²) in [6.07, 6.45) is 1.36. The van der Waals surface area contributed by atoms with Gasteiger partial charge in [-0.25, -0.2) is 0 Å². The number of fused-ring (bicyclic) bond motifs is 1. The smallest absolute Gasteiger partial charge is 0.319 e. The second kappa shape index (κ2) is 3.29. The molecule has 2 nitrogen and oxygen atoms in total. The van der Waals surface area contributed by atoms with Crippen LogP contribution in [0.1, 0.15) is 6.55 Å². The Morgan fingerprint density at radius 3 is 2.71 bits per heavy atom. The molecular weight excluding hydrogens is 188 g/mol. The van der Waals surface area contributed by atoms with Gasteiger partial charge in [-0.2, -0.15) is 8.78 Å². The molecule has 0 aliphatic heterocycles. The quantitative estimate of drug-likeness (QED) is 0.721. The molecule has 0 saturated carbocycles. The van der Waals surface area contributed by atoms with Gasteiger partial charge < -0.3 is 4.74 Å². The van der Waals surface area contributed by atoms with E-state index >= 15 is 0 Å². The highest BCUT2D eigenvalue weighted by Crippen LogP contribution is 2.28. The highest BCUT2D eigenvalue weighted by atomic mass is 19.3. The molecule has 0 saturated heterocycles. The minimum atomic E-state index is -2.51. The van der Waals surface area contributed by atoms with Gasteiger partial charge in [-0.3, -0.25) is 4.57 Å². The van der Waals surface area contributed by atoms with Gasteiger partial charge in [0.15, 0.2) is 0 Å². The number of ether oxygens (including phenoxy) is 1. The summed E-state index contributed by atoms with van der Waals surface area (Å²) in [6.45, 7) is -2.51. The van der Waals surface area contributed by atoms with Crippen molar-refractivity contribution >= 4 is 10.9 Å². The van der Waals surface area contributed by atoms with Gasteiger partial charge in [0.1, 0.15) is 5.75 Å². The van der Waals surface area contributed by atoms with Crippen LogP contribution < -0.4 is 4.74 Å². The number of rotatable bonds is 2. The van der Waals surface area contributed by atoms with E-state index in [1.54, 1.807) is 24.3 Å². The molecule has 14 heavy (non-hydrogen) atoms. The van der Waals surface area contributed by atoms with Crippen molar-refractivity contribution in [2.75, 3.05) is 7.11 Å². The largest absolute Gasteiger partial charge is 0.496 e. The lowest BCUT2D eigenvalue weighted by molar-refractivity contribution is 0.0752. The van der Waals surface area contributed by atoms with Crippen molar-refractivity contribution in [3.05, 3.63) is 30.5 Å². The van der Waals surface area contributed by atoms with Crippen LogP contribution in [0.2, 0.25) is 0 Å². The zero-order valence-corrected chi connectivity index (χ0v) is 7.58. The molecule has 1 aromatic carbocycles. The maximum Gasteiger partial charge on any atom is 0.319 e. The van der Waals surface area contributed by atoms with Gasteiger partial charge in [0, 0.05) is 11.6 Å². The molecule has 1 aromatic heterocycles. The van der Waals surface area contributed by atoms with E-state index in [4.69, 9.17) is 4.74 Å². The van der Waals surface area contributed by atoms with Gasteiger partial charge in [-0.05, 0) is 18.2 Å². The number of halogens is 2. The van der Waals surface area contributed by atoms with Crippen LogP contribution in [0.5, 0.6) is 5.75 Å². The van der Waals surface area contributed by atoms with Crippen molar-refractivity contribution in [2.24, 2.45) is 0 Å². The van der Waals surface area contributed by atoms with Crippen LogP contribution in [0.4, 0.5) is 8.78 Å². The molecule has 0 radical (unpaired) electrons. The lowest BCUT2D eigenvalue weighted by Crippen LogP contribution is -1.94. The Labute approximate surface area is 79.7 Å². The molecule has 2 rings (SSSR count). The van der Waals surface area contributed by atoms with E-state index in [2.05, 4.69) is 0 Å². The summed E-state index contributed by atoms with van der Waals surface area (Å²) in [6, 6.07) is 6.71. The fraction of sp³-hybridized carbons (Fsp3) is 0.200. The molecule has 0 aliphatic rings. The molecule has 0 aliphatic carbocycles. The minimum Gasteiger partial charge on any atom is -0.496 e. The molecule has 0 unspecified atom stereocenters. The Balaban J connectivity index is 2.69. The van der Waals surface area contributed by atoms with Crippen molar-refractivity contribution < 1.29 is 13.5 Å². The molecule has 0 fully saturated rings. The topological polar surface area (TPSA) is 14.2 Å². The second-order valence-electron chi connectivity index (χ2n) is 2.89. The number of hydrogen-bond acceptors (Lipinski definition) is 1.